The summed E-state index contributed by atoms with van der Waals surface area (Å²) in [6.07, 6.45) is 1.34. The minimum Gasteiger partial charge on any atom is -0.349 e. The molecule has 0 aliphatic carbocycles. The third kappa shape index (κ3) is 6.19. The predicted molar refractivity (Wildman–Crippen MR) is 131 cm³/mol. The molecule has 2 N–H and O–H groups in total. The van der Waals surface area contributed by atoms with E-state index in [4.69, 9.17) is 0 Å². The molecule has 0 radical (unpaired) electrons. The first-order valence-electron chi connectivity index (χ1n) is 9.80. The van der Waals surface area contributed by atoms with E-state index in [2.05, 4.69) is 14.9 Å². The van der Waals surface area contributed by atoms with Gasteiger partial charge in [0.25, 0.3) is 0 Å². The molecule has 1 heterocycles. The Labute approximate surface area is 206 Å². The number of piperidine rings is 1. The molecule has 1 saturated heterocycles. The average Bonchev–Trinajstić information content (AvgIpc) is 2.74. The Morgan fingerprint density at radius 2 is 1.72 bits per heavy atom. The van der Waals surface area contributed by atoms with Crippen molar-refractivity contribution >= 4 is 62.3 Å². The molecule has 0 unspecified atom stereocenters. The van der Waals surface area contributed by atoms with Crippen LogP contribution in [0.3, 0.4) is 0 Å². The van der Waals surface area contributed by atoms with Crippen molar-refractivity contribution in [2.75, 3.05) is 36.7 Å². The Bertz CT molecular complexity index is 1050. The minimum absolute atomic E-state index is 0. The van der Waals surface area contributed by atoms with E-state index < -0.39 is 33.3 Å². The molecule has 2 aromatic rings. The molecule has 0 amide bonds. The zero-order chi connectivity index (χ0) is 22.8. The third-order valence-electron chi connectivity index (χ3n) is 5.41. The molecule has 6 nitrogen and oxygen atoms in total. The van der Waals surface area contributed by atoms with Gasteiger partial charge in [-0.25, -0.2) is 13.2 Å². The maximum atomic E-state index is 14.5. The van der Waals surface area contributed by atoms with Gasteiger partial charge >= 0.3 is 10.2 Å². The van der Waals surface area contributed by atoms with Gasteiger partial charge in [0.15, 0.2) is 11.6 Å². The van der Waals surface area contributed by atoms with Crippen LogP contribution in [0.25, 0.3) is 0 Å². The second-order valence-electron chi connectivity index (χ2n) is 7.34. The van der Waals surface area contributed by atoms with Gasteiger partial charge in [-0.1, -0.05) is 6.92 Å². The van der Waals surface area contributed by atoms with Gasteiger partial charge < -0.3 is 10.2 Å². The summed E-state index contributed by atoms with van der Waals surface area (Å²) in [5.74, 6) is -3.16. The first-order chi connectivity index (χ1) is 14.6. The number of nitrogens with zero attached hydrogens (tertiary/aromatic N) is 2. The van der Waals surface area contributed by atoms with Crippen LogP contribution in [0.15, 0.2) is 30.3 Å². The van der Waals surface area contributed by atoms with Crippen molar-refractivity contribution in [1.29, 1.82) is 0 Å². The summed E-state index contributed by atoms with van der Waals surface area (Å²) < 4.78 is 72.7. The molecule has 178 valence electrons. The Hall–Kier alpha value is -1.28. The van der Waals surface area contributed by atoms with Crippen molar-refractivity contribution in [2.45, 2.75) is 25.8 Å². The third-order valence-corrected chi connectivity index (χ3v) is 7.60. The Morgan fingerprint density at radius 3 is 2.31 bits per heavy atom. The van der Waals surface area contributed by atoms with Crippen molar-refractivity contribution in [1.82, 2.24) is 9.21 Å². The van der Waals surface area contributed by atoms with Gasteiger partial charge in [0.2, 0.25) is 0 Å². The zero-order valence-corrected chi connectivity index (χ0v) is 21.3. The second-order valence-corrected chi connectivity index (χ2v) is 10.3. The highest BCUT2D eigenvalue weighted by atomic mass is 127. The molecule has 2 aromatic carbocycles. The molecule has 0 aromatic heterocycles. The quantitative estimate of drug-likeness (QED) is 0.440. The lowest BCUT2D eigenvalue weighted by Crippen LogP contribution is -2.47. The van der Waals surface area contributed by atoms with Crippen LogP contribution in [0.4, 0.5) is 30.2 Å². The highest BCUT2D eigenvalue weighted by Gasteiger charge is 2.30. The van der Waals surface area contributed by atoms with E-state index >= 15 is 0 Å². The lowest BCUT2D eigenvalue weighted by molar-refractivity contribution is 0.175. The van der Waals surface area contributed by atoms with Crippen LogP contribution in [0.1, 0.15) is 19.8 Å². The second kappa shape index (κ2) is 11.2. The van der Waals surface area contributed by atoms with Crippen LogP contribution in [0, 0.1) is 21.0 Å². The summed E-state index contributed by atoms with van der Waals surface area (Å²) in [6, 6.07) is 6.41. The molecule has 0 saturated carbocycles. The van der Waals surface area contributed by atoms with Gasteiger partial charge in [0.1, 0.15) is 11.5 Å². The Morgan fingerprint density at radius 1 is 1.09 bits per heavy atom. The van der Waals surface area contributed by atoms with Crippen molar-refractivity contribution in [2.24, 2.45) is 0 Å². The first kappa shape index (κ1) is 27.0. The van der Waals surface area contributed by atoms with E-state index in [1.165, 1.54) is 16.4 Å². The topological polar surface area (TPSA) is 64.7 Å². The molecular formula is C20H25ClF3IN4O2S. The lowest BCUT2D eigenvalue weighted by atomic mass is 10.1. The summed E-state index contributed by atoms with van der Waals surface area (Å²) in [4.78, 5) is 2.17. The smallest absolute Gasteiger partial charge is 0.301 e. The van der Waals surface area contributed by atoms with Crippen molar-refractivity contribution in [3.63, 3.8) is 0 Å². The average molecular weight is 605 g/mol. The van der Waals surface area contributed by atoms with Crippen molar-refractivity contribution < 1.29 is 21.6 Å². The predicted octanol–water partition coefficient (Wildman–Crippen LogP) is 4.95. The van der Waals surface area contributed by atoms with Crippen LogP contribution in [-0.2, 0) is 10.2 Å². The number of nitrogens with one attached hydrogen (secondary N) is 2. The standard InChI is InChI=1S/C20H24F3IN4O2S.ClH/c1-3-27(2)14-8-10-28(11-9-14)31(29,30)26-18-7-5-15(21)19(23)20(18)25-17-6-4-13(24)12-16(17)22;/h4-7,12,14,25-26H,3,8-11H2,1-2H3;1H. The molecule has 0 spiro atoms. The summed E-state index contributed by atoms with van der Waals surface area (Å²) in [6.45, 7) is 3.53. The van der Waals surface area contributed by atoms with Crippen LogP contribution in [-0.4, -0.2) is 50.3 Å². The molecule has 1 aliphatic rings. The van der Waals surface area contributed by atoms with Gasteiger partial charge in [0.05, 0.1) is 11.4 Å². The fourth-order valence-electron chi connectivity index (χ4n) is 3.47. The zero-order valence-electron chi connectivity index (χ0n) is 17.5. The van der Waals surface area contributed by atoms with Crippen LogP contribution in [0.2, 0.25) is 0 Å². The number of anilines is 3. The number of rotatable bonds is 7. The number of hydrogen-bond donors (Lipinski definition) is 2. The summed E-state index contributed by atoms with van der Waals surface area (Å²) in [7, 11) is -2.02. The SMILES string of the molecule is CCN(C)C1CCN(S(=O)(=O)Nc2ccc(F)c(F)c2Nc2ccc(I)cc2F)CC1.Cl. The summed E-state index contributed by atoms with van der Waals surface area (Å²) >= 11 is 1.92. The normalized spacial score (nSPS) is 15.5. The van der Waals surface area contributed by atoms with E-state index in [1.54, 1.807) is 6.07 Å². The molecule has 32 heavy (non-hydrogen) atoms. The Kier molecular flexibility index (Phi) is 9.46. The Balaban J connectivity index is 0.00000363. The van der Waals surface area contributed by atoms with Crippen molar-refractivity contribution in [3.05, 3.63) is 51.4 Å². The van der Waals surface area contributed by atoms with E-state index in [9.17, 15) is 21.6 Å². The molecule has 3 rings (SSSR count). The largest absolute Gasteiger partial charge is 0.349 e. The van der Waals surface area contributed by atoms with Crippen LogP contribution >= 0.6 is 35.0 Å². The molecule has 0 bridgehead atoms. The number of benzene rings is 2. The van der Waals surface area contributed by atoms with E-state index in [1.807, 2.05) is 36.6 Å². The number of hydrogen-bond acceptors (Lipinski definition) is 4. The van der Waals surface area contributed by atoms with Gasteiger partial charge in [-0.3, -0.25) is 4.72 Å². The number of halogens is 5. The highest BCUT2D eigenvalue weighted by molar-refractivity contribution is 14.1. The molecular weight excluding hydrogens is 580 g/mol. The van der Waals surface area contributed by atoms with Crippen molar-refractivity contribution in [3.8, 4) is 0 Å². The summed E-state index contributed by atoms with van der Waals surface area (Å²) in [5.41, 5.74) is -0.789. The minimum atomic E-state index is -4.01. The molecule has 12 heteroatoms. The molecule has 1 aliphatic heterocycles. The lowest BCUT2D eigenvalue weighted by Gasteiger charge is -2.35. The van der Waals surface area contributed by atoms with Crippen LogP contribution < -0.4 is 10.0 Å². The maximum Gasteiger partial charge on any atom is 0.301 e. The van der Waals surface area contributed by atoms with E-state index in [-0.39, 0.29) is 23.8 Å². The first-order valence-corrected chi connectivity index (χ1v) is 12.3. The maximum absolute atomic E-state index is 14.5. The highest BCUT2D eigenvalue weighted by Crippen LogP contribution is 2.33. The monoisotopic (exact) mass is 604 g/mol. The fraction of sp³-hybridized carbons (Fsp3) is 0.400. The van der Waals surface area contributed by atoms with Gasteiger partial charge in [-0.2, -0.15) is 12.7 Å². The van der Waals surface area contributed by atoms with Gasteiger partial charge in [-0.15, -0.1) is 12.4 Å². The van der Waals surface area contributed by atoms with E-state index in [0.717, 1.165) is 18.7 Å². The molecule has 0 atom stereocenters. The fourth-order valence-corrected chi connectivity index (χ4v) is 5.19. The molecule has 1 fully saturated rings. The van der Waals surface area contributed by atoms with Gasteiger partial charge in [0, 0.05) is 22.7 Å². The summed E-state index contributed by atoms with van der Waals surface area (Å²) in [5, 5.41) is 2.49. The van der Waals surface area contributed by atoms with Gasteiger partial charge in [-0.05, 0) is 79.4 Å². The van der Waals surface area contributed by atoms with Crippen LogP contribution in [0.5, 0.6) is 0 Å². The van der Waals surface area contributed by atoms with E-state index in [0.29, 0.717) is 35.5 Å².